The molecule has 0 heterocycles. The topological polar surface area (TPSA) is 53.2 Å². The third-order valence-electron chi connectivity index (χ3n) is 2.70. The van der Waals surface area contributed by atoms with Gasteiger partial charge in [-0.25, -0.2) is 0 Å². The fraction of sp³-hybridized carbons (Fsp3) is 0. The highest BCUT2D eigenvalue weighted by Gasteiger charge is 2.00. The lowest BCUT2D eigenvalue weighted by Gasteiger charge is -2.10. The van der Waals surface area contributed by atoms with E-state index in [1.54, 1.807) is 24.3 Å². The first-order valence-electron chi connectivity index (χ1n) is 6.60. The van der Waals surface area contributed by atoms with Gasteiger partial charge in [-0.3, -0.25) is 15.6 Å². The number of benzene rings is 2. The van der Waals surface area contributed by atoms with Crippen molar-refractivity contribution in [3.05, 3.63) is 69.7 Å². The van der Waals surface area contributed by atoms with Crippen LogP contribution in [-0.2, 0) is 4.79 Å². The molecular formula is C16H13BrClN3OS. The summed E-state index contributed by atoms with van der Waals surface area (Å²) in [5, 5.41) is 3.77. The van der Waals surface area contributed by atoms with Gasteiger partial charge in [0.1, 0.15) is 0 Å². The molecule has 0 saturated carbocycles. The molecule has 2 aromatic carbocycles. The van der Waals surface area contributed by atoms with Crippen molar-refractivity contribution in [3.63, 3.8) is 0 Å². The van der Waals surface area contributed by atoms with Crippen molar-refractivity contribution in [2.45, 2.75) is 0 Å². The highest BCUT2D eigenvalue weighted by molar-refractivity contribution is 9.10. The van der Waals surface area contributed by atoms with Crippen LogP contribution in [0.25, 0.3) is 6.08 Å². The number of thiocarbonyl (C=S) groups is 1. The van der Waals surface area contributed by atoms with E-state index in [0.29, 0.717) is 5.02 Å². The predicted octanol–water partition coefficient (Wildman–Crippen LogP) is 4.13. The minimum atomic E-state index is -0.323. The summed E-state index contributed by atoms with van der Waals surface area (Å²) in [5.74, 6) is -0.323. The number of amides is 1. The van der Waals surface area contributed by atoms with E-state index >= 15 is 0 Å². The van der Waals surface area contributed by atoms with Gasteiger partial charge >= 0.3 is 0 Å². The Morgan fingerprint density at radius 2 is 1.91 bits per heavy atom. The van der Waals surface area contributed by atoms with Crippen LogP contribution in [0.15, 0.2) is 59.1 Å². The Morgan fingerprint density at radius 3 is 2.65 bits per heavy atom. The Kier molecular flexibility index (Phi) is 6.58. The fourth-order valence-corrected chi connectivity index (χ4v) is 2.44. The van der Waals surface area contributed by atoms with E-state index in [1.165, 1.54) is 6.08 Å². The van der Waals surface area contributed by atoms with Crippen molar-refractivity contribution >= 4 is 62.5 Å². The monoisotopic (exact) mass is 409 g/mol. The summed E-state index contributed by atoms with van der Waals surface area (Å²) in [6, 6.07) is 14.7. The number of hydrogen-bond donors (Lipinski definition) is 3. The van der Waals surface area contributed by atoms with Crippen LogP contribution in [0.2, 0.25) is 5.02 Å². The average Bonchev–Trinajstić information content (AvgIpc) is 2.52. The zero-order valence-electron chi connectivity index (χ0n) is 11.8. The second-order valence-electron chi connectivity index (χ2n) is 4.43. The summed E-state index contributed by atoms with van der Waals surface area (Å²) in [6.07, 6.45) is 3.11. The first-order chi connectivity index (χ1) is 11.0. The third-order valence-corrected chi connectivity index (χ3v) is 3.86. The Hall–Kier alpha value is -1.89. The van der Waals surface area contributed by atoms with Crippen LogP contribution in [0, 0.1) is 0 Å². The molecule has 0 radical (unpaired) electrons. The van der Waals surface area contributed by atoms with Gasteiger partial charge in [-0.15, -0.1) is 0 Å². The van der Waals surface area contributed by atoms with Crippen molar-refractivity contribution < 1.29 is 4.79 Å². The first-order valence-corrected chi connectivity index (χ1v) is 8.17. The number of rotatable bonds is 3. The summed E-state index contributed by atoms with van der Waals surface area (Å²) in [7, 11) is 0. The van der Waals surface area contributed by atoms with E-state index in [1.807, 2.05) is 30.3 Å². The second kappa shape index (κ2) is 8.67. The van der Waals surface area contributed by atoms with Gasteiger partial charge in [-0.1, -0.05) is 51.8 Å². The Labute approximate surface area is 153 Å². The highest BCUT2D eigenvalue weighted by atomic mass is 79.9. The van der Waals surface area contributed by atoms with Crippen LogP contribution in [0.4, 0.5) is 5.69 Å². The molecule has 0 spiro atoms. The van der Waals surface area contributed by atoms with Gasteiger partial charge in [-0.2, -0.15) is 0 Å². The standard InChI is InChI=1S/C16H13BrClN3OS/c17-14-7-2-1-4-11(14)8-9-15(22)20-21-16(23)19-13-6-3-5-12(18)10-13/h1-10H,(H,20,22)(H2,19,21,23)/b9-8+. The van der Waals surface area contributed by atoms with Crippen LogP contribution in [-0.4, -0.2) is 11.0 Å². The smallest absolute Gasteiger partial charge is 0.262 e. The van der Waals surface area contributed by atoms with Gasteiger partial charge in [0.2, 0.25) is 0 Å². The molecule has 0 aliphatic carbocycles. The molecule has 0 atom stereocenters. The molecule has 0 saturated heterocycles. The quantitative estimate of drug-likeness (QED) is 0.404. The normalized spacial score (nSPS) is 10.3. The maximum absolute atomic E-state index is 11.8. The van der Waals surface area contributed by atoms with Crippen LogP contribution >= 0.6 is 39.7 Å². The lowest BCUT2D eigenvalue weighted by atomic mass is 10.2. The zero-order valence-corrected chi connectivity index (χ0v) is 15.0. The Balaban J connectivity index is 1.82. The van der Waals surface area contributed by atoms with Gasteiger partial charge in [-0.05, 0) is 48.1 Å². The van der Waals surface area contributed by atoms with Gasteiger partial charge in [0, 0.05) is 21.3 Å². The molecule has 1 amide bonds. The molecule has 23 heavy (non-hydrogen) atoms. The highest BCUT2D eigenvalue weighted by Crippen LogP contribution is 2.17. The van der Waals surface area contributed by atoms with Crippen molar-refractivity contribution in [2.24, 2.45) is 0 Å². The molecule has 7 heteroatoms. The SMILES string of the molecule is O=C(/C=C/c1ccccc1Br)NNC(=S)Nc1cccc(Cl)c1. The molecule has 118 valence electrons. The number of anilines is 1. The molecule has 2 aromatic rings. The van der Waals surface area contributed by atoms with Crippen molar-refractivity contribution in [1.29, 1.82) is 0 Å². The number of carbonyl (C=O) groups is 1. The maximum Gasteiger partial charge on any atom is 0.262 e. The average molecular weight is 411 g/mol. The lowest BCUT2D eigenvalue weighted by Crippen LogP contribution is -2.43. The van der Waals surface area contributed by atoms with Crippen LogP contribution in [0.3, 0.4) is 0 Å². The second-order valence-corrected chi connectivity index (χ2v) is 6.13. The molecule has 0 unspecified atom stereocenters. The summed E-state index contributed by atoms with van der Waals surface area (Å²) < 4.78 is 0.912. The fourth-order valence-electron chi connectivity index (χ4n) is 1.66. The van der Waals surface area contributed by atoms with Gasteiger partial charge in [0.05, 0.1) is 0 Å². The van der Waals surface area contributed by atoms with Crippen molar-refractivity contribution in [1.82, 2.24) is 10.9 Å². The maximum atomic E-state index is 11.8. The summed E-state index contributed by atoms with van der Waals surface area (Å²) >= 11 is 14.4. The van der Waals surface area contributed by atoms with Gasteiger partial charge < -0.3 is 5.32 Å². The Morgan fingerprint density at radius 1 is 1.13 bits per heavy atom. The minimum Gasteiger partial charge on any atom is -0.331 e. The van der Waals surface area contributed by atoms with Crippen LogP contribution in [0.5, 0.6) is 0 Å². The molecule has 0 aliphatic heterocycles. The van der Waals surface area contributed by atoms with Crippen LogP contribution in [0.1, 0.15) is 5.56 Å². The lowest BCUT2D eigenvalue weighted by molar-refractivity contribution is -0.116. The number of hydrazine groups is 1. The van der Waals surface area contributed by atoms with Crippen LogP contribution < -0.4 is 16.2 Å². The molecule has 0 fully saturated rings. The molecular weight excluding hydrogens is 398 g/mol. The van der Waals surface area contributed by atoms with E-state index in [2.05, 4.69) is 32.1 Å². The zero-order chi connectivity index (χ0) is 16.7. The van der Waals surface area contributed by atoms with Crippen molar-refractivity contribution in [3.8, 4) is 0 Å². The van der Waals surface area contributed by atoms with E-state index < -0.39 is 0 Å². The molecule has 4 nitrogen and oxygen atoms in total. The first kappa shape index (κ1) is 17.5. The summed E-state index contributed by atoms with van der Waals surface area (Å²) in [5.41, 5.74) is 6.73. The summed E-state index contributed by atoms with van der Waals surface area (Å²) in [6.45, 7) is 0. The van der Waals surface area contributed by atoms with Crippen molar-refractivity contribution in [2.75, 3.05) is 5.32 Å². The molecule has 0 aromatic heterocycles. The third kappa shape index (κ3) is 6.02. The number of hydrogen-bond acceptors (Lipinski definition) is 2. The van der Waals surface area contributed by atoms with Gasteiger partial charge in [0.15, 0.2) is 5.11 Å². The minimum absolute atomic E-state index is 0.259. The van der Waals surface area contributed by atoms with Gasteiger partial charge in [0.25, 0.3) is 5.91 Å². The molecule has 0 bridgehead atoms. The van der Waals surface area contributed by atoms with E-state index in [0.717, 1.165) is 15.7 Å². The molecule has 2 rings (SSSR count). The molecule has 3 N–H and O–H groups in total. The largest absolute Gasteiger partial charge is 0.331 e. The Bertz CT molecular complexity index is 752. The van der Waals surface area contributed by atoms with E-state index in [9.17, 15) is 4.79 Å². The van der Waals surface area contributed by atoms with E-state index in [-0.39, 0.29) is 11.0 Å². The molecule has 0 aliphatic rings. The number of halogens is 2. The predicted molar refractivity (Wildman–Crippen MR) is 102 cm³/mol. The van der Waals surface area contributed by atoms with E-state index in [4.69, 9.17) is 23.8 Å². The summed E-state index contributed by atoms with van der Waals surface area (Å²) in [4.78, 5) is 11.8. The number of carbonyl (C=O) groups excluding carboxylic acids is 1. The number of nitrogens with one attached hydrogen (secondary N) is 3.